The van der Waals surface area contributed by atoms with E-state index in [2.05, 4.69) is 17.3 Å². The molecule has 2 heterocycles. The molecule has 5 nitrogen and oxygen atoms in total. The number of carbonyl (C=O) groups is 1. The summed E-state index contributed by atoms with van der Waals surface area (Å²) in [6, 6.07) is 8.03. The zero-order chi connectivity index (χ0) is 16.2. The standard InChI is InChI=1S/C18H24N4O.ClH/c1-3-10-21(17-8-9-19-12-17)18(23)15-4-6-16(7-5-15)22-13-14(2)11-20-22;/h4-7,11,13,17,19H,3,8-10,12H2,1-2H3;1H. The van der Waals surface area contributed by atoms with Crippen molar-refractivity contribution in [1.29, 1.82) is 0 Å². The first-order valence-electron chi connectivity index (χ1n) is 8.32. The quantitative estimate of drug-likeness (QED) is 0.904. The topological polar surface area (TPSA) is 50.2 Å². The second kappa shape index (κ2) is 8.31. The lowest BCUT2D eigenvalue weighted by Crippen LogP contribution is -2.42. The van der Waals surface area contributed by atoms with Gasteiger partial charge in [0.2, 0.25) is 0 Å². The molecule has 0 saturated carbocycles. The molecule has 0 bridgehead atoms. The minimum atomic E-state index is 0. The van der Waals surface area contributed by atoms with Gasteiger partial charge in [-0.15, -0.1) is 12.4 Å². The van der Waals surface area contributed by atoms with E-state index in [4.69, 9.17) is 0 Å². The second-order valence-corrected chi connectivity index (χ2v) is 6.15. The summed E-state index contributed by atoms with van der Waals surface area (Å²) in [5.74, 6) is 0.128. The molecule has 1 atom stereocenters. The monoisotopic (exact) mass is 348 g/mol. The third-order valence-corrected chi connectivity index (χ3v) is 4.29. The molecule has 130 valence electrons. The summed E-state index contributed by atoms with van der Waals surface area (Å²) in [6.45, 7) is 6.84. The summed E-state index contributed by atoms with van der Waals surface area (Å²) in [5, 5.41) is 7.65. The first kappa shape index (κ1) is 18.5. The van der Waals surface area contributed by atoms with Crippen molar-refractivity contribution in [3.8, 4) is 5.69 Å². The normalized spacial score (nSPS) is 16.7. The smallest absolute Gasteiger partial charge is 0.254 e. The Morgan fingerprint density at radius 1 is 1.38 bits per heavy atom. The van der Waals surface area contributed by atoms with Crippen molar-refractivity contribution in [3.05, 3.63) is 47.8 Å². The van der Waals surface area contributed by atoms with Crippen LogP contribution in [0.5, 0.6) is 0 Å². The Bertz CT molecular complexity index is 662. The SMILES string of the molecule is CCCN(C(=O)c1ccc(-n2cc(C)cn2)cc1)C1CCNC1.Cl. The second-order valence-electron chi connectivity index (χ2n) is 6.15. The molecule has 0 radical (unpaired) electrons. The van der Waals surface area contributed by atoms with Gasteiger partial charge in [-0.1, -0.05) is 6.92 Å². The fourth-order valence-corrected chi connectivity index (χ4v) is 3.07. The van der Waals surface area contributed by atoms with Crippen molar-refractivity contribution in [3.63, 3.8) is 0 Å². The minimum Gasteiger partial charge on any atom is -0.334 e. The third kappa shape index (κ3) is 3.97. The number of halogens is 1. The maximum Gasteiger partial charge on any atom is 0.254 e. The lowest BCUT2D eigenvalue weighted by Gasteiger charge is -2.28. The molecule has 0 spiro atoms. The van der Waals surface area contributed by atoms with E-state index in [1.54, 1.807) is 0 Å². The Hall–Kier alpha value is -1.85. The van der Waals surface area contributed by atoms with Crippen LogP contribution in [0.1, 0.15) is 35.7 Å². The van der Waals surface area contributed by atoms with E-state index < -0.39 is 0 Å². The number of rotatable bonds is 5. The van der Waals surface area contributed by atoms with Crippen LogP contribution in [0.2, 0.25) is 0 Å². The molecular formula is C18H25ClN4O. The fraction of sp³-hybridized carbons (Fsp3) is 0.444. The Morgan fingerprint density at radius 2 is 2.12 bits per heavy atom. The van der Waals surface area contributed by atoms with Gasteiger partial charge in [0.1, 0.15) is 0 Å². The highest BCUT2D eigenvalue weighted by Crippen LogP contribution is 2.16. The van der Waals surface area contributed by atoms with Crippen LogP contribution in [-0.4, -0.2) is 46.3 Å². The first-order valence-corrected chi connectivity index (χ1v) is 8.32. The molecule has 1 saturated heterocycles. The number of amides is 1. The highest BCUT2D eigenvalue weighted by molar-refractivity contribution is 5.94. The van der Waals surface area contributed by atoms with E-state index >= 15 is 0 Å². The maximum atomic E-state index is 12.8. The summed E-state index contributed by atoms with van der Waals surface area (Å²) in [6.07, 6.45) is 5.82. The number of hydrogen-bond donors (Lipinski definition) is 1. The molecule has 1 aliphatic heterocycles. The van der Waals surface area contributed by atoms with Crippen molar-refractivity contribution in [2.75, 3.05) is 19.6 Å². The molecule has 1 N–H and O–H groups in total. The van der Waals surface area contributed by atoms with Crippen LogP contribution in [0.4, 0.5) is 0 Å². The van der Waals surface area contributed by atoms with Gasteiger partial charge in [-0.05, 0) is 56.1 Å². The Morgan fingerprint density at radius 3 is 2.67 bits per heavy atom. The Labute approximate surface area is 149 Å². The highest BCUT2D eigenvalue weighted by atomic mass is 35.5. The van der Waals surface area contributed by atoms with Crippen LogP contribution in [0.15, 0.2) is 36.7 Å². The molecule has 1 aliphatic rings. The molecule has 1 unspecified atom stereocenters. The number of nitrogens with zero attached hydrogens (tertiary/aromatic N) is 3. The number of aromatic nitrogens is 2. The predicted octanol–water partition coefficient (Wildman–Crippen LogP) is 2.82. The molecule has 3 rings (SSSR count). The van der Waals surface area contributed by atoms with Gasteiger partial charge in [-0.2, -0.15) is 5.10 Å². The molecule has 0 aliphatic carbocycles. The van der Waals surface area contributed by atoms with E-state index in [9.17, 15) is 4.79 Å². The van der Waals surface area contributed by atoms with E-state index in [-0.39, 0.29) is 18.3 Å². The van der Waals surface area contributed by atoms with Gasteiger partial charge in [0.05, 0.1) is 11.9 Å². The van der Waals surface area contributed by atoms with Gasteiger partial charge < -0.3 is 10.2 Å². The largest absolute Gasteiger partial charge is 0.334 e. The summed E-state index contributed by atoms with van der Waals surface area (Å²) >= 11 is 0. The fourth-order valence-electron chi connectivity index (χ4n) is 3.07. The zero-order valence-corrected chi connectivity index (χ0v) is 15.1. The van der Waals surface area contributed by atoms with Gasteiger partial charge >= 0.3 is 0 Å². The third-order valence-electron chi connectivity index (χ3n) is 4.29. The molecule has 6 heteroatoms. The molecule has 1 aromatic heterocycles. The maximum absolute atomic E-state index is 12.8. The van der Waals surface area contributed by atoms with Crippen LogP contribution in [0, 0.1) is 6.92 Å². The summed E-state index contributed by atoms with van der Waals surface area (Å²) in [7, 11) is 0. The highest BCUT2D eigenvalue weighted by Gasteiger charge is 2.26. The zero-order valence-electron chi connectivity index (χ0n) is 14.2. The molecule has 1 aromatic carbocycles. The first-order chi connectivity index (χ1) is 11.2. The molecule has 2 aromatic rings. The van der Waals surface area contributed by atoms with Crippen LogP contribution in [0.3, 0.4) is 0 Å². The lowest BCUT2D eigenvalue weighted by molar-refractivity contribution is 0.0692. The van der Waals surface area contributed by atoms with Gasteiger partial charge in [0.15, 0.2) is 0 Å². The van der Waals surface area contributed by atoms with E-state index in [0.717, 1.165) is 49.3 Å². The number of nitrogens with one attached hydrogen (secondary N) is 1. The number of aryl methyl sites for hydroxylation is 1. The summed E-state index contributed by atoms with van der Waals surface area (Å²) < 4.78 is 1.83. The van der Waals surface area contributed by atoms with Crippen molar-refractivity contribution in [2.45, 2.75) is 32.7 Å². The van der Waals surface area contributed by atoms with Gasteiger partial charge in [-0.25, -0.2) is 4.68 Å². The average molecular weight is 349 g/mol. The van der Waals surface area contributed by atoms with Crippen LogP contribution >= 0.6 is 12.4 Å². The van der Waals surface area contributed by atoms with Gasteiger partial charge in [0.25, 0.3) is 5.91 Å². The average Bonchev–Trinajstić information content (AvgIpc) is 3.24. The summed E-state index contributed by atoms with van der Waals surface area (Å²) in [5.41, 5.74) is 2.84. The van der Waals surface area contributed by atoms with Crippen LogP contribution < -0.4 is 5.32 Å². The minimum absolute atomic E-state index is 0. The number of benzene rings is 1. The van der Waals surface area contributed by atoms with Crippen LogP contribution in [-0.2, 0) is 0 Å². The van der Waals surface area contributed by atoms with E-state index in [1.165, 1.54) is 0 Å². The molecule has 1 amide bonds. The Balaban J connectivity index is 0.00000208. The van der Waals surface area contributed by atoms with Crippen molar-refractivity contribution in [1.82, 2.24) is 20.0 Å². The number of hydrogen-bond acceptors (Lipinski definition) is 3. The van der Waals surface area contributed by atoms with Gasteiger partial charge in [0, 0.05) is 30.9 Å². The lowest BCUT2D eigenvalue weighted by atomic mass is 10.1. The van der Waals surface area contributed by atoms with Crippen molar-refractivity contribution >= 4 is 18.3 Å². The number of carbonyl (C=O) groups excluding carboxylic acids is 1. The van der Waals surface area contributed by atoms with Crippen molar-refractivity contribution in [2.24, 2.45) is 0 Å². The summed E-state index contributed by atoms with van der Waals surface area (Å²) in [4.78, 5) is 14.9. The Kier molecular flexibility index (Phi) is 6.40. The molecule has 1 fully saturated rings. The predicted molar refractivity (Wildman–Crippen MR) is 98.2 cm³/mol. The molecule has 24 heavy (non-hydrogen) atoms. The van der Waals surface area contributed by atoms with Crippen LogP contribution in [0.25, 0.3) is 5.69 Å². The van der Waals surface area contributed by atoms with E-state index in [1.807, 2.05) is 53.2 Å². The van der Waals surface area contributed by atoms with Crippen molar-refractivity contribution < 1.29 is 4.79 Å². The van der Waals surface area contributed by atoms with Gasteiger partial charge in [-0.3, -0.25) is 4.79 Å². The molecular weight excluding hydrogens is 324 g/mol. The van der Waals surface area contributed by atoms with E-state index in [0.29, 0.717) is 6.04 Å².